The van der Waals surface area contributed by atoms with Crippen LogP contribution in [-0.2, 0) is 9.53 Å². The Morgan fingerprint density at radius 3 is 3.06 bits per heavy atom. The number of nitrogens with zero attached hydrogens (tertiary/aromatic N) is 1. The van der Waals surface area contributed by atoms with Crippen molar-refractivity contribution in [3.63, 3.8) is 0 Å². The van der Waals surface area contributed by atoms with Gasteiger partial charge in [0.1, 0.15) is 5.72 Å². The topological polar surface area (TPSA) is 29.5 Å². The molecule has 92 valence electrons. The molecule has 0 radical (unpaired) electrons. The van der Waals surface area contributed by atoms with Crippen molar-refractivity contribution in [3.05, 3.63) is 0 Å². The van der Waals surface area contributed by atoms with Crippen molar-refractivity contribution in [1.29, 1.82) is 0 Å². The second-order valence-corrected chi connectivity index (χ2v) is 5.00. The van der Waals surface area contributed by atoms with Crippen molar-refractivity contribution in [1.82, 2.24) is 4.90 Å². The first-order valence-corrected chi connectivity index (χ1v) is 6.73. The largest absolute Gasteiger partial charge is 0.356 e. The zero-order chi connectivity index (χ0) is 11.4. The van der Waals surface area contributed by atoms with Gasteiger partial charge in [0.2, 0.25) is 5.91 Å². The van der Waals surface area contributed by atoms with E-state index in [4.69, 9.17) is 4.74 Å². The normalized spacial score (nSPS) is 30.3. The molecular weight excluding hydrogens is 202 g/mol. The van der Waals surface area contributed by atoms with Crippen LogP contribution >= 0.6 is 0 Å². The number of hydrogen-bond acceptors (Lipinski definition) is 2. The molecule has 2 saturated heterocycles. The molecule has 0 aromatic rings. The molecule has 2 heterocycles. The second kappa shape index (κ2) is 5.17. The molecule has 0 aromatic carbocycles. The van der Waals surface area contributed by atoms with Crippen LogP contribution in [0.4, 0.5) is 0 Å². The lowest BCUT2D eigenvalue weighted by atomic mass is 9.91. The van der Waals surface area contributed by atoms with Gasteiger partial charge in [0.25, 0.3) is 0 Å². The molecule has 0 aromatic heterocycles. The summed E-state index contributed by atoms with van der Waals surface area (Å²) in [5, 5.41) is 0. The van der Waals surface area contributed by atoms with Gasteiger partial charge in [0.05, 0.1) is 6.61 Å². The lowest BCUT2D eigenvalue weighted by molar-refractivity contribution is -0.210. The summed E-state index contributed by atoms with van der Waals surface area (Å²) in [6.07, 6.45) is 8.45. The number of amides is 1. The van der Waals surface area contributed by atoms with E-state index >= 15 is 0 Å². The molecule has 0 spiro atoms. The van der Waals surface area contributed by atoms with Gasteiger partial charge >= 0.3 is 0 Å². The highest BCUT2D eigenvalue weighted by Crippen LogP contribution is 2.37. The van der Waals surface area contributed by atoms with Gasteiger partial charge in [-0.1, -0.05) is 19.8 Å². The molecular formula is C13H23NO2. The van der Waals surface area contributed by atoms with Gasteiger partial charge in [-0.3, -0.25) is 4.79 Å². The molecule has 0 N–H and O–H groups in total. The van der Waals surface area contributed by atoms with Crippen molar-refractivity contribution < 1.29 is 9.53 Å². The minimum absolute atomic E-state index is 0.219. The van der Waals surface area contributed by atoms with Gasteiger partial charge < -0.3 is 9.64 Å². The molecule has 3 heteroatoms. The Balaban J connectivity index is 2.02. The lowest BCUT2D eigenvalue weighted by Crippen LogP contribution is -2.59. The molecule has 0 bridgehead atoms. The Morgan fingerprint density at radius 1 is 1.38 bits per heavy atom. The standard InChI is InChI=1S/C13H23NO2/c1-2-3-4-8-13-9-5-7-12(15)14(13)10-6-11-16-13/h2-11H2,1H3. The van der Waals surface area contributed by atoms with Crippen molar-refractivity contribution in [2.45, 2.75) is 64.0 Å². The highest BCUT2D eigenvalue weighted by molar-refractivity contribution is 5.77. The van der Waals surface area contributed by atoms with Crippen LogP contribution in [0.5, 0.6) is 0 Å². The molecule has 0 saturated carbocycles. The minimum atomic E-state index is -0.219. The quantitative estimate of drug-likeness (QED) is 0.688. The zero-order valence-corrected chi connectivity index (χ0v) is 10.3. The number of hydrogen-bond donors (Lipinski definition) is 0. The van der Waals surface area contributed by atoms with Gasteiger partial charge in [0, 0.05) is 13.0 Å². The summed E-state index contributed by atoms with van der Waals surface area (Å²) in [7, 11) is 0. The smallest absolute Gasteiger partial charge is 0.224 e. The number of ether oxygens (including phenoxy) is 1. The Morgan fingerprint density at radius 2 is 2.25 bits per heavy atom. The SMILES string of the molecule is CCCCCC12CCCC(=O)N1CCCO2. The molecule has 1 amide bonds. The molecule has 16 heavy (non-hydrogen) atoms. The second-order valence-electron chi connectivity index (χ2n) is 5.00. The van der Waals surface area contributed by atoms with Gasteiger partial charge in [0.15, 0.2) is 0 Å². The highest BCUT2D eigenvalue weighted by Gasteiger charge is 2.44. The molecule has 2 rings (SSSR count). The highest BCUT2D eigenvalue weighted by atomic mass is 16.5. The maximum Gasteiger partial charge on any atom is 0.224 e. The molecule has 0 aliphatic carbocycles. The summed E-state index contributed by atoms with van der Waals surface area (Å²) in [6.45, 7) is 3.95. The third-order valence-corrected chi connectivity index (χ3v) is 3.82. The van der Waals surface area contributed by atoms with E-state index in [1.165, 1.54) is 19.3 Å². The maximum atomic E-state index is 11.9. The number of carbonyl (C=O) groups is 1. The molecule has 1 atom stereocenters. The maximum absolute atomic E-state index is 11.9. The summed E-state index contributed by atoms with van der Waals surface area (Å²) in [6, 6.07) is 0. The van der Waals surface area contributed by atoms with E-state index < -0.39 is 0 Å². The van der Waals surface area contributed by atoms with E-state index in [0.717, 1.165) is 45.3 Å². The third-order valence-electron chi connectivity index (χ3n) is 3.82. The fraction of sp³-hybridized carbons (Fsp3) is 0.923. The predicted molar refractivity (Wildman–Crippen MR) is 63.0 cm³/mol. The van der Waals surface area contributed by atoms with Crippen molar-refractivity contribution in [3.8, 4) is 0 Å². The third kappa shape index (κ3) is 2.24. The first kappa shape index (κ1) is 11.9. The zero-order valence-electron chi connectivity index (χ0n) is 10.3. The van der Waals surface area contributed by atoms with Crippen LogP contribution in [0.25, 0.3) is 0 Å². The Hall–Kier alpha value is -0.570. The molecule has 2 aliphatic rings. The van der Waals surface area contributed by atoms with E-state index in [1.54, 1.807) is 0 Å². The van der Waals surface area contributed by atoms with Crippen molar-refractivity contribution in [2.75, 3.05) is 13.2 Å². The first-order valence-electron chi connectivity index (χ1n) is 6.73. The van der Waals surface area contributed by atoms with Crippen LogP contribution in [-0.4, -0.2) is 29.7 Å². The molecule has 3 nitrogen and oxygen atoms in total. The average Bonchev–Trinajstić information content (AvgIpc) is 2.30. The van der Waals surface area contributed by atoms with Gasteiger partial charge in [-0.2, -0.15) is 0 Å². The Bertz CT molecular complexity index is 250. The minimum Gasteiger partial charge on any atom is -0.356 e. The summed E-state index contributed by atoms with van der Waals surface area (Å²) < 4.78 is 5.99. The van der Waals surface area contributed by atoms with Crippen LogP contribution in [0.1, 0.15) is 58.3 Å². The summed E-state index contributed by atoms with van der Waals surface area (Å²) in [4.78, 5) is 13.9. The fourth-order valence-electron chi connectivity index (χ4n) is 2.96. The summed E-state index contributed by atoms with van der Waals surface area (Å²) >= 11 is 0. The van der Waals surface area contributed by atoms with E-state index in [9.17, 15) is 4.79 Å². The number of carbonyl (C=O) groups excluding carboxylic acids is 1. The summed E-state index contributed by atoms with van der Waals surface area (Å²) in [5.74, 6) is 0.308. The van der Waals surface area contributed by atoms with E-state index in [1.807, 2.05) is 4.90 Å². The lowest BCUT2D eigenvalue weighted by Gasteiger charge is -2.49. The number of unbranched alkanes of at least 4 members (excludes halogenated alkanes) is 2. The first-order chi connectivity index (χ1) is 7.78. The van der Waals surface area contributed by atoms with E-state index in [0.29, 0.717) is 5.91 Å². The van der Waals surface area contributed by atoms with Crippen LogP contribution in [0, 0.1) is 0 Å². The van der Waals surface area contributed by atoms with Gasteiger partial charge in [-0.25, -0.2) is 0 Å². The van der Waals surface area contributed by atoms with Crippen LogP contribution in [0.3, 0.4) is 0 Å². The summed E-state index contributed by atoms with van der Waals surface area (Å²) in [5.41, 5.74) is -0.219. The number of rotatable bonds is 4. The molecule has 1 unspecified atom stereocenters. The van der Waals surface area contributed by atoms with Crippen molar-refractivity contribution in [2.24, 2.45) is 0 Å². The fourth-order valence-corrected chi connectivity index (χ4v) is 2.96. The van der Waals surface area contributed by atoms with Gasteiger partial charge in [-0.05, 0) is 32.1 Å². The van der Waals surface area contributed by atoms with Crippen LogP contribution in [0.2, 0.25) is 0 Å². The molecule has 2 fully saturated rings. The van der Waals surface area contributed by atoms with Gasteiger partial charge in [-0.15, -0.1) is 0 Å². The number of piperidine rings is 1. The average molecular weight is 225 g/mol. The number of fused-ring (bicyclic) bond motifs is 1. The monoisotopic (exact) mass is 225 g/mol. The van der Waals surface area contributed by atoms with E-state index in [-0.39, 0.29) is 5.72 Å². The van der Waals surface area contributed by atoms with Crippen LogP contribution < -0.4 is 0 Å². The van der Waals surface area contributed by atoms with Crippen molar-refractivity contribution >= 4 is 5.91 Å². The van der Waals surface area contributed by atoms with Crippen LogP contribution in [0.15, 0.2) is 0 Å². The Labute approximate surface area is 98.1 Å². The van der Waals surface area contributed by atoms with E-state index in [2.05, 4.69) is 6.92 Å². The molecule has 2 aliphatic heterocycles. The Kier molecular flexibility index (Phi) is 3.85. The predicted octanol–water partition coefficient (Wildman–Crippen LogP) is 2.70.